The number of halogens is 2. The van der Waals surface area contributed by atoms with Crippen molar-refractivity contribution in [3.05, 3.63) is 83.1 Å². The van der Waals surface area contributed by atoms with Crippen molar-refractivity contribution < 1.29 is 13.5 Å². The first kappa shape index (κ1) is 17.1. The van der Waals surface area contributed by atoms with Crippen LogP contribution in [-0.4, -0.2) is 9.78 Å². The lowest BCUT2D eigenvalue weighted by molar-refractivity contribution is 0.270. The number of benzene rings is 2. The quantitative estimate of drug-likeness (QED) is 0.620. The van der Waals surface area contributed by atoms with Crippen LogP contribution in [0.1, 0.15) is 30.2 Å². The molecule has 0 spiro atoms. The predicted molar refractivity (Wildman–Crippen MR) is 92.5 cm³/mol. The Morgan fingerprint density at radius 2 is 1.80 bits per heavy atom. The smallest absolute Gasteiger partial charge is 0.212 e. The Labute approximate surface area is 145 Å². The first-order chi connectivity index (χ1) is 12.2. The Bertz CT molecular complexity index is 828. The minimum Gasteiger partial charge on any atom is -0.473 e. The summed E-state index contributed by atoms with van der Waals surface area (Å²) in [6.45, 7) is 2.68. The molecule has 5 heteroatoms. The van der Waals surface area contributed by atoms with E-state index in [1.54, 1.807) is 35.0 Å². The molecule has 0 atom stereocenters. The zero-order valence-corrected chi connectivity index (χ0v) is 14.1. The summed E-state index contributed by atoms with van der Waals surface area (Å²) >= 11 is 0. The Morgan fingerprint density at radius 1 is 1.04 bits per heavy atom. The SMILES string of the molecule is CCCc1cc(OCc2ccccc2F)n(Cc2ccc(F)cc2)n1. The molecule has 2 aromatic carbocycles. The van der Waals surface area contributed by atoms with Crippen LogP contribution >= 0.6 is 0 Å². The van der Waals surface area contributed by atoms with Crippen LogP contribution in [0.2, 0.25) is 0 Å². The fraction of sp³-hybridized carbons (Fsp3) is 0.250. The van der Waals surface area contributed by atoms with Crippen LogP contribution in [0.3, 0.4) is 0 Å². The van der Waals surface area contributed by atoms with E-state index in [1.807, 2.05) is 6.07 Å². The van der Waals surface area contributed by atoms with E-state index in [0.29, 0.717) is 18.0 Å². The molecular weight excluding hydrogens is 322 g/mol. The number of aryl methyl sites for hydroxylation is 1. The van der Waals surface area contributed by atoms with Crippen LogP contribution in [-0.2, 0) is 19.6 Å². The molecule has 3 aromatic rings. The second-order valence-electron chi connectivity index (χ2n) is 5.89. The van der Waals surface area contributed by atoms with Gasteiger partial charge in [-0.25, -0.2) is 13.5 Å². The maximum atomic E-state index is 13.8. The van der Waals surface area contributed by atoms with Gasteiger partial charge in [-0.2, -0.15) is 5.10 Å². The summed E-state index contributed by atoms with van der Waals surface area (Å²) in [5.41, 5.74) is 2.34. The molecule has 0 saturated heterocycles. The maximum absolute atomic E-state index is 13.8. The van der Waals surface area contributed by atoms with Crippen LogP contribution in [0.4, 0.5) is 8.78 Å². The molecule has 0 bridgehead atoms. The van der Waals surface area contributed by atoms with Gasteiger partial charge in [0.25, 0.3) is 0 Å². The second-order valence-corrected chi connectivity index (χ2v) is 5.89. The predicted octanol–water partition coefficient (Wildman–Crippen LogP) is 4.74. The van der Waals surface area contributed by atoms with Gasteiger partial charge in [-0.1, -0.05) is 43.7 Å². The molecule has 0 aliphatic heterocycles. The van der Waals surface area contributed by atoms with Gasteiger partial charge in [0.1, 0.15) is 18.2 Å². The van der Waals surface area contributed by atoms with E-state index in [-0.39, 0.29) is 18.2 Å². The van der Waals surface area contributed by atoms with Gasteiger partial charge in [0, 0.05) is 11.6 Å². The van der Waals surface area contributed by atoms with E-state index in [0.717, 1.165) is 24.1 Å². The molecule has 25 heavy (non-hydrogen) atoms. The Balaban J connectivity index is 1.79. The highest BCUT2D eigenvalue weighted by Gasteiger charge is 2.11. The third kappa shape index (κ3) is 4.44. The highest BCUT2D eigenvalue weighted by atomic mass is 19.1. The van der Waals surface area contributed by atoms with Crippen LogP contribution in [0.15, 0.2) is 54.6 Å². The van der Waals surface area contributed by atoms with Crippen LogP contribution in [0, 0.1) is 11.6 Å². The zero-order chi connectivity index (χ0) is 17.6. The van der Waals surface area contributed by atoms with Crippen molar-refractivity contribution in [3.8, 4) is 5.88 Å². The highest BCUT2D eigenvalue weighted by Crippen LogP contribution is 2.19. The molecule has 0 amide bonds. The number of nitrogens with zero attached hydrogens (tertiary/aromatic N) is 2. The monoisotopic (exact) mass is 342 g/mol. The third-order valence-corrected chi connectivity index (χ3v) is 3.88. The van der Waals surface area contributed by atoms with E-state index in [1.165, 1.54) is 18.2 Å². The fourth-order valence-electron chi connectivity index (χ4n) is 2.59. The number of hydrogen-bond donors (Lipinski definition) is 0. The zero-order valence-electron chi connectivity index (χ0n) is 14.1. The van der Waals surface area contributed by atoms with Crippen molar-refractivity contribution >= 4 is 0 Å². The van der Waals surface area contributed by atoms with Crippen molar-refractivity contribution in [1.29, 1.82) is 0 Å². The van der Waals surface area contributed by atoms with Crippen molar-refractivity contribution in [1.82, 2.24) is 9.78 Å². The van der Waals surface area contributed by atoms with Crippen molar-refractivity contribution in [2.75, 3.05) is 0 Å². The lowest BCUT2D eigenvalue weighted by atomic mass is 10.2. The Hall–Kier alpha value is -2.69. The van der Waals surface area contributed by atoms with Crippen LogP contribution < -0.4 is 4.74 Å². The molecule has 0 radical (unpaired) electrons. The maximum Gasteiger partial charge on any atom is 0.212 e. The topological polar surface area (TPSA) is 27.1 Å². The molecule has 3 nitrogen and oxygen atoms in total. The fourth-order valence-corrected chi connectivity index (χ4v) is 2.59. The first-order valence-corrected chi connectivity index (χ1v) is 8.33. The van der Waals surface area contributed by atoms with E-state index in [2.05, 4.69) is 12.0 Å². The summed E-state index contributed by atoms with van der Waals surface area (Å²) in [6.07, 6.45) is 1.81. The standard InChI is InChI=1S/C20H20F2N2O/c1-2-5-18-12-20(25-14-16-6-3-4-7-19(16)22)24(23-18)13-15-8-10-17(21)11-9-15/h3-4,6-12H,2,5,13-14H2,1H3. The molecule has 130 valence electrons. The average molecular weight is 342 g/mol. The van der Waals surface area contributed by atoms with Crippen molar-refractivity contribution in [3.63, 3.8) is 0 Å². The lowest BCUT2D eigenvalue weighted by Gasteiger charge is -2.10. The number of aromatic nitrogens is 2. The van der Waals surface area contributed by atoms with Gasteiger partial charge < -0.3 is 4.74 Å². The minimum absolute atomic E-state index is 0.132. The second kappa shape index (κ2) is 7.92. The molecule has 1 heterocycles. The molecule has 0 aliphatic carbocycles. The third-order valence-electron chi connectivity index (χ3n) is 3.88. The summed E-state index contributed by atoms with van der Waals surface area (Å²) in [5, 5.41) is 4.56. The number of rotatable bonds is 7. The molecule has 0 fully saturated rings. The molecular formula is C20H20F2N2O. The molecule has 0 unspecified atom stereocenters. The highest BCUT2D eigenvalue weighted by molar-refractivity contribution is 5.22. The van der Waals surface area contributed by atoms with Crippen molar-refractivity contribution in [2.24, 2.45) is 0 Å². The summed E-state index contributed by atoms with van der Waals surface area (Å²) in [5.74, 6) is 0.0174. The largest absolute Gasteiger partial charge is 0.473 e. The molecule has 0 saturated carbocycles. The van der Waals surface area contributed by atoms with Gasteiger partial charge in [0.05, 0.1) is 12.2 Å². The van der Waals surface area contributed by atoms with E-state index < -0.39 is 0 Å². The van der Waals surface area contributed by atoms with Crippen LogP contribution in [0.5, 0.6) is 5.88 Å². The van der Waals surface area contributed by atoms with Gasteiger partial charge in [-0.3, -0.25) is 0 Å². The minimum atomic E-state index is -0.291. The van der Waals surface area contributed by atoms with Gasteiger partial charge in [-0.05, 0) is 30.2 Å². The Kier molecular flexibility index (Phi) is 5.43. The summed E-state index contributed by atoms with van der Waals surface area (Å²) in [7, 11) is 0. The average Bonchev–Trinajstić information content (AvgIpc) is 2.98. The molecule has 0 N–H and O–H groups in total. The van der Waals surface area contributed by atoms with E-state index in [9.17, 15) is 8.78 Å². The normalized spacial score (nSPS) is 10.8. The molecule has 1 aromatic heterocycles. The van der Waals surface area contributed by atoms with Gasteiger partial charge in [0.2, 0.25) is 5.88 Å². The summed E-state index contributed by atoms with van der Waals surface area (Å²) < 4.78 is 34.4. The van der Waals surface area contributed by atoms with Crippen molar-refractivity contribution in [2.45, 2.75) is 32.9 Å². The Morgan fingerprint density at radius 3 is 2.52 bits per heavy atom. The molecule has 0 aliphatic rings. The van der Waals surface area contributed by atoms with Gasteiger partial charge in [-0.15, -0.1) is 0 Å². The first-order valence-electron chi connectivity index (χ1n) is 8.33. The van der Waals surface area contributed by atoms with Gasteiger partial charge >= 0.3 is 0 Å². The molecule has 3 rings (SSSR count). The lowest BCUT2D eigenvalue weighted by Crippen LogP contribution is -2.07. The number of ether oxygens (including phenoxy) is 1. The van der Waals surface area contributed by atoms with Crippen LogP contribution in [0.25, 0.3) is 0 Å². The summed E-state index contributed by atoms with van der Waals surface area (Å²) in [6, 6.07) is 14.7. The van der Waals surface area contributed by atoms with E-state index in [4.69, 9.17) is 4.74 Å². The summed E-state index contributed by atoms with van der Waals surface area (Å²) in [4.78, 5) is 0. The van der Waals surface area contributed by atoms with E-state index >= 15 is 0 Å². The van der Waals surface area contributed by atoms with Gasteiger partial charge in [0.15, 0.2) is 0 Å². The number of hydrogen-bond acceptors (Lipinski definition) is 2.